The average molecular weight is 197 g/mol. The number of rotatable bonds is 2. The first-order chi connectivity index (χ1) is 6.53. The highest BCUT2D eigenvalue weighted by atomic mass is 16.4. The van der Waals surface area contributed by atoms with Crippen LogP contribution in [0.1, 0.15) is 59.3 Å². The third-order valence-corrected chi connectivity index (χ3v) is 2.92. The Morgan fingerprint density at radius 3 is 2.21 bits per heavy atom. The van der Waals surface area contributed by atoms with Crippen LogP contribution in [-0.2, 0) is 0 Å². The minimum Gasteiger partial charge on any atom is -0.411 e. The number of hydrogen-bond acceptors (Lipinski definition) is 2. The molecule has 1 fully saturated rings. The summed E-state index contributed by atoms with van der Waals surface area (Å²) < 4.78 is 0. The maximum absolute atomic E-state index is 9.03. The zero-order chi connectivity index (χ0) is 10.6. The van der Waals surface area contributed by atoms with E-state index in [4.69, 9.17) is 5.21 Å². The van der Waals surface area contributed by atoms with E-state index >= 15 is 0 Å². The molecular formula is C12H23NO. The van der Waals surface area contributed by atoms with Crippen LogP contribution >= 0.6 is 0 Å². The Kier molecular flexibility index (Phi) is 3.97. The van der Waals surface area contributed by atoms with Crippen molar-refractivity contribution < 1.29 is 5.21 Å². The van der Waals surface area contributed by atoms with E-state index in [9.17, 15) is 0 Å². The summed E-state index contributed by atoms with van der Waals surface area (Å²) in [4.78, 5) is 0. The summed E-state index contributed by atoms with van der Waals surface area (Å²) in [5.74, 6) is 0.549. The van der Waals surface area contributed by atoms with Gasteiger partial charge in [0.2, 0.25) is 0 Å². The molecule has 1 rings (SSSR count). The molecule has 0 amide bonds. The summed E-state index contributed by atoms with van der Waals surface area (Å²) >= 11 is 0. The van der Waals surface area contributed by atoms with Crippen LogP contribution in [0.15, 0.2) is 5.16 Å². The number of nitrogens with zero attached hydrogens (tertiary/aromatic N) is 1. The monoisotopic (exact) mass is 197 g/mol. The van der Waals surface area contributed by atoms with Crippen LogP contribution in [0, 0.1) is 11.3 Å². The van der Waals surface area contributed by atoms with Gasteiger partial charge in [0, 0.05) is 5.92 Å². The molecule has 0 aromatic carbocycles. The van der Waals surface area contributed by atoms with Gasteiger partial charge in [-0.2, -0.15) is 0 Å². The highest BCUT2D eigenvalue weighted by Crippen LogP contribution is 2.30. The second kappa shape index (κ2) is 4.81. The highest BCUT2D eigenvalue weighted by molar-refractivity contribution is 5.86. The van der Waals surface area contributed by atoms with E-state index in [2.05, 4.69) is 25.9 Å². The molecule has 1 aliphatic rings. The van der Waals surface area contributed by atoms with E-state index in [0.29, 0.717) is 5.92 Å². The molecule has 0 spiro atoms. The van der Waals surface area contributed by atoms with Crippen molar-refractivity contribution in [2.45, 2.75) is 59.3 Å². The normalized spacial score (nSPS) is 21.2. The Bertz CT molecular complexity index is 197. The lowest BCUT2D eigenvalue weighted by molar-refractivity contribution is 0.300. The largest absolute Gasteiger partial charge is 0.411 e. The lowest BCUT2D eigenvalue weighted by Gasteiger charge is -2.26. The van der Waals surface area contributed by atoms with Crippen LogP contribution in [0.4, 0.5) is 0 Å². The molecule has 82 valence electrons. The molecule has 0 unspecified atom stereocenters. The fraction of sp³-hybridized carbons (Fsp3) is 0.917. The minimum atomic E-state index is 0.235. The Morgan fingerprint density at radius 2 is 1.79 bits per heavy atom. The molecule has 0 aromatic heterocycles. The van der Waals surface area contributed by atoms with Crippen molar-refractivity contribution >= 4 is 5.71 Å². The fourth-order valence-corrected chi connectivity index (χ4v) is 2.24. The van der Waals surface area contributed by atoms with Gasteiger partial charge in [-0.15, -0.1) is 0 Å². The minimum absolute atomic E-state index is 0.235. The second-order valence-electron chi connectivity index (χ2n) is 5.66. The molecule has 0 aliphatic heterocycles. The van der Waals surface area contributed by atoms with E-state index in [1.807, 2.05) is 0 Å². The van der Waals surface area contributed by atoms with E-state index in [1.165, 1.54) is 32.1 Å². The quantitative estimate of drug-likeness (QED) is 0.407. The van der Waals surface area contributed by atoms with Gasteiger partial charge in [0.15, 0.2) is 0 Å². The molecule has 14 heavy (non-hydrogen) atoms. The SMILES string of the molecule is CC(C)(C)C/C(=N\O)C1CCCCC1. The van der Waals surface area contributed by atoms with Crippen molar-refractivity contribution in [3.05, 3.63) is 0 Å². The topological polar surface area (TPSA) is 32.6 Å². The summed E-state index contributed by atoms with van der Waals surface area (Å²) in [5, 5.41) is 12.5. The summed E-state index contributed by atoms with van der Waals surface area (Å²) in [5.41, 5.74) is 1.26. The second-order valence-corrected chi connectivity index (χ2v) is 5.66. The van der Waals surface area contributed by atoms with Gasteiger partial charge in [-0.05, 0) is 24.7 Å². The summed E-state index contributed by atoms with van der Waals surface area (Å²) in [7, 11) is 0. The zero-order valence-electron chi connectivity index (χ0n) is 9.71. The molecule has 0 aromatic rings. The van der Waals surface area contributed by atoms with E-state index in [0.717, 1.165) is 12.1 Å². The van der Waals surface area contributed by atoms with E-state index in [1.54, 1.807) is 0 Å². The molecule has 2 nitrogen and oxygen atoms in total. The van der Waals surface area contributed by atoms with Crippen LogP contribution in [0.2, 0.25) is 0 Å². The first-order valence-electron chi connectivity index (χ1n) is 5.74. The molecule has 0 radical (unpaired) electrons. The van der Waals surface area contributed by atoms with Crippen LogP contribution < -0.4 is 0 Å². The molecule has 1 N–H and O–H groups in total. The van der Waals surface area contributed by atoms with Crippen molar-refractivity contribution in [2.24, 2.45) is 16.5 Å². The van der Waals surface area contributed by atoms with Crippen LogP contribution in [-0.4, -0.2) is 10.9 Å². The molecule has 2 heteroatoms. The van der Waals surface area contributed by atoms with Crippen molar-refractivity contribution in [3.63, 3.8) is 0 Å². The summed E-state index contributed by atoms with van der Waals surface area (Å²) in [6.07, 6.45) is 7.31. The van der Waals surface area contributed by atoms with Gasteiger partial charge in [-0.25, -0.2) is 0 Å². The van der Waals surface area contributed by atoms with Gasteiger partial charge >= 0.3 is 0 Å². The number of hydrogen-bond donors (Lipinski definition) is 1. The molecular weight excluding hydrogens is 174 g/mol. The molecule has 0 atom stereocenters. The average Bonchev–Trinajstić information content (AvgIpc) is 2.14. The highest BCUT2D eigenvalue weighted by Gasteiger charge is 2.24. The van der Waals surface area contributed by atoms with Crippen molar-refractivity contribution in [3.8, 4) is 0 Å². The third-order valence-electron chi connectivity index (χ3n) is 2.92. The zero-order valence-corrected chi connectivity index (χ0v) is 9.71. The molecule has 0 heterocycles. The lowest BCUT2D eigenvalue weighted by Crippen LogP contribution is -2.23. The molecule has 1 saturated carbocycles. The predicted molar refractivity (Wildman–Crippen MR) is 59.9 cm³/mol. The van der Waals surface area contributed by atoms with E-state index < -0.39 is 0 Å². The first-order valence-corrected chi connectivity index (χ1v) is 5.74. The predicted octanol–water partition coefficient (Wildman–Crippen LogP) is 3.83. The Labute approximate surface area is 87.4 Å². The first kappa shape index (κ1) is 11.5. The smallest absolute Gasteiger partial charge is 0.0606 e. The van der Waals surface area contributed by atoms with Gasteiger partial charge < -0.3 is 5.21 Å². The van der Waals surface area contributed by atoms with E-state index in [-0.39, 0.29) is 5.41 Å². The molecule has 0 bridgehead atoms. The lowest BCUT2D eigenvalue weighted by atomic mass is 9.79. The van der Waals surface area contributed by atoms with Crippen LogP contribution in [0.3, 0.4) is 0 Å². The third kappa shape index (κ3) is 3.69. The van der Waals surface area contributed by atoms with Crippen molar-refractivity contribution in [2.75, 3.05) is 0 Å². The Morgan fingerprint density at radius 1 is 1.21 bits per heavy atom. The Hall–Kier alpha value is -0.530. The van der Waals surface area contributed by atoms with Crippen molar-refractivity contribution in [1.82, 2.24) is 0 Å². The summed E-state index contributed by atoms with van der Waals surface area (Å²) in [6, 6.07) is 0. The maximum Gasteiger partial charge on any atom is 0.0606 e. The standard InChI is InChI=1S/C12H23NO/c1-12(2,3)9-11(13-14)10-7-5-4-6-8-10/h10,14H,4-9H2,1-3H3/b13-11+. The fourth-order valence-electron chi connectivity index (χ4n) is 2.24. The molecule has 1 aliphatic carbocycles. The van der Waals surface area contributed by atoms with Gasteiger partial charge in [-0.1, -0.05) is 45.2 Å². The maximum atomic E-state index is 9.03. The van der Waals surface area contributed by atoms with Gasteiger partial charge in [-0.3, -0.25) is 0 Å². The van der Waals surface area contributed by atoms with Gasteiger partial charge in [0.05, 0.1) is 5.71 Å². The van der Waals surface area contributed by atoms with Crippen LogP contribution in [0.25, 0.3) is 0 Å². The van der Waals surface area contributed by atoms with Gasteiger partial charge in [0.25, 0.3) is 0 Å². The van der Waals surface area contributed by atoms with Crippen LogP contribution in [0.5, 0.6) is 0 Å². The van der Waals surface area contributed by atoms with Gasteiger partial charge in [0.1, 0.15) is 0 Å². The number of oxime groups is 1. The van der Waals surface area contributed by atoms with Crippen molar-refractivity contribution in [1.29, 1.82) is 0 Å². The Balaban J connectivity index is 2.53. The summed E-state index contributed by atoms with van der Waals surface area (Å²) in [6.45, 7) is 6.59. The molecule has 0 saturated heterocycles.